The normalized spacial score (nSPS) is 10.6. The molecule has 0 saturated heterocycles. The summed E-state index contributed by atoms with van der Waals surface area (Å²) in [5.41, 5.74) is 0. The van der Waals surface area contributed by atoms with E-state index in [1.807, 2.05) is 24.3 Å². The van der Waals surface area contributed by atoms with Gasteiger partial charge in [0.1, 0.15) is 31.9 Å². The van der Waals surface area contributed by atoms with Crippen molar-refractivity contribution in [1.82, 2.24) is 9.97 Å². The second-order valence-corrected chi connectivity index (χ2v) is 8.32. The number of nitriles is 2. The lowest BCUT2D eigenvalue weighted by atomic mass is 10.4. The molecule has 4 aromatic rings. The molecular formula is C14H4N4S4. The van der Waals surface area contributed by atoms with E-state index in [1.165, 1.54) is 45.3 Å². The monoisotopic (exact) mass is 356 g/mol. The van der Waals surface area contributed by atoms with Gasteiger partial charge in [-0.2, -0.15) is 10.5 Å². The maximum atomic E-state index is 8.89. The lowest BCUT2D eigenvalue weighted by Gasteiger charge is -1.88. The van der Waals surface area contributed by atoms with Crippen molar-refractivity contribution in [3.63, 3.8) is 0 Å². The van der Waals surface area contributed by atoms with Gasteiger partial charge in [0, 0.05) is 0 Å². The summed E-state index contributed by atoms with van der Waals surface area (Å²) in [5.74, 6) is 0. The molecule has 0 aliphatic heterocycles. The molecule has 0 aromatic carbocycles. The zero-order valence-electron chi connectivity index (χ0n) is 10.7. The Labute approximate surface area is 141 Å². The average Bonchev–Trinajstić information content (AvgIpc) is 3.27. The number of fused-ring (bicyclic) bond motifs is 1. The fourth-order valence-corrected chi connectivity index (χ4v) is 5.64. The van der Waals surface area contributed by atoms with Gasteiger partial charge in [0.2, 0.25) is 0 Å². The number of aromatic nitrogens is 2. The van der Waals surface area contributed by atoms with Gasteiger partial charge in [-0.25, -0.2) is 9.97 Å². The molecule has 0 N–H and O–H groups in total. The SMILES string of the molecule is N#Cc1ccc(-c2nc3sc(-c4ccc(C#N)s4)nc3s2)s1. The zero-order chi connectivity index (χ0) is 15.1. The van der Waals surface area contributed by atoms with E-state index >= 15 is 0 Å². The maximum Gasteiger partial charge on any atom is 0.155 e. The molecule has 0 saturated carbocycles. The van der Waals surface area contributed by atoms with E-state index in [-0.39, 0.29) is 0 Å². The standard InChI is InChI=1S/C14H4N4S4/c15-5-7-1-3-9(19-7)11-17-13-14(21-11)18-12(22-13)10-4-2-8(6-16)20-10/h1-4H. The van der Waals surface area contributed by atoms with Crippen LogP contribution in [0.1, 0.15) is 9.75 Å². The Bertz CT molecular complexity index is 953. The quantitative estimate of drug-likeness (QED) is 0.509. The maximum absolute atomic E-state index is 8.89. The molecule has 4 rings (SSSR count). The minimum atomic E-state index is 0.685. The second kappa shape index (κ2) is 5.27. The molecule has 104 valence electrons. The summed E-state index contributed by atoms with van der Waals surface area (Å²) in [6.45, 7) is 0. The molecule has 0 fully saturated rings. The molecule has 0 aliphatic carbocycles. The lowest BCUT2D eigenvalue weighted by molar-refractivity contribution is 1.51. The predicted octanol–water partition coefficient (Wildman–Crippen LogP) is 4.95. The van der Waals surface area contributed by atoms with Crippen LogP contribution in [0.15, 0.2) is 24.3 Å². The molecule has 4 heterocycles. The third-order valence-corrected chi connectivity index (χ3v) is 7.18. The molecule has 0 unspecified atom stereocenters. The zero-order valence-corrected chi connectivity index (χ0v) is 14.0. The molecule has 0 radical (unpaired) electrons. The molecule has 0 atom stereocenters. The van der Waals surface area contributed by atoms with Crippen LogP contribution in [0.25, 0.3) is 29.4 Å². The first-order valence-corrected chi connectivity index (χ1v) is 9.31. The van der Waals surface area contributed by atoms with Crippen molar-refractivity contribution in [3.05, 3.63) is 34.0 Å². The van der Waals surface area contributed by atoms with Crippen LogP contribution >= 0.6 is 45.3 Å². The van der Waals surface area contributed by atoms with Crippen molar-refractivity contribution in [1.29, 1.82) is 10.5 Å². The summed E-state index contributed by atoms with van der Waals surface area (Å²) in [6.07, 6.45) is 0. The second-order valence-electron chi connectivity index (χ2n) is 4.20. The van der Waals surface area contributed by atoms with E-state index in [9.17, 15) is 0 Å². The van der Waals surface area contributed by atoms with Crippen LogP contribution in [0, 0.1) is 22.7 Å². The van der Waals surface area contributed by atoms with E-state index in [4.69, 9.17) is 10.5 Å². The minimum absolute atomic E-state index is 0.685. The van der Waals surface area contributed by atoms with Crippen LogP contribution < -0.4 is 0 Å². The average molecular weight is 356 g/mol. The first-order chi connectivity index (χ1) is 10.8. The number of hydrogen-bond acceptors (Lipinski definition) is 8. The smallest absolute Gasteiger partial charge is 0.155 e. The fourth-order valence-electron chi connectivity index (χ4n) is 1.88. The van der Waals surface area contributed by atoms with Gasteiger partial charge in [-0.05, 0) is 24.3 Å². The summed E-state index contributed by atoms with van der Waals surface area (Å²) >= 11 is 5.94. The molecule has 0 spiro atoms. The number of hydrogen-bond donors (Lipinski definition) is 0. The first-order valence-electron chi connectivity index (χ1n) is 6.05. The summed E-state index contributed by atoms with van der Waals surface area (Å²) < 4.78 is 0. The Morgan fingerprint density at radius 1 is 0.682 bits per heavy atom. The van der Waals surface area contributed by atoms with Gasteiger partial charge in [-0.1, -0.05) is 22.7 Å². The third kappa shape index (κ3) is 2.23. The van der Waals surface area contributed by atoms with E-state index in [2.05, 4.69) is 22.1 Å². The van der Waals surface area contributed by atoms with Crippen molar-refractivity contribution < 1.29 is 0 Å². The molecule has 4 nitrogen and oxygen atoms in total. The highest BCUT2D eigenvalue weighted by Crippen LogP contribution is 2.39. The highest BCUT2D eigenvalue weighted by Gasteiger charge is 2.15. The van der Waals surface area contributed by atoms with E-state index in [0.717, 1.165) is 29.4 Å². The summed E-state index contributed by atoms with van der Waals surface area (Å²) in [5, 5.41) is 19.6. The molecular weight excluding hydrogens is 352 g/mol. The topological polar surface area (TPSA) is 73.4 Å². The molecule has 0 amide bonds. The van der Waals surface area contributed by atoms with Gasteiger partial charge >= 0.3 is 0 Å². The van der Waals surface area contributed by atoms with Crippen molar-refractivity contribution in [2.24, 2.45) is 0 Å². The number of thiophene rings is 2. The Morgan fingerprint density at radius 2 is 1.14 bits per heavy atom. The molecule has 0 bridgehead atoms. The number of rotatable bonds is 2. The van der Waals surface area contributed by atoms with Gasteiger partial charge < -0.3 is 0 Å². The van der Waals surface area contributed by atoms with Crippen molar-refractivity contribution >= 4 is 55.0 Å². The van der Waals surface area contributed by atoms with Gasteiger partial charge in [-0.15, -0.1) is 22.7 Å². The van der Waals surface area contributed by atoms with Gasteiger partial charge in [0.05, 0.1) is 9.75 Å². The largest absolute Gasteiger partial charge is 0.222 e. The van der Waals surface area contributed by atoms with Crippen LogP contribution in [0.2, 0.25) is 0 Å². The molecule has 4 aromatic heterocycles. The summed E-state index contributed by atoms with van der Waals surface area (Å²) in [4.78, 5) is 14.4. The lowest BCUT2D eigenvalue weighted by Crippen LogP contribution is -1.67. The fraction of sp³-hybridized carbons (Fsp3) is 0. The molecule has 0 aliphatic rings. The Hall–Kier alpha value is -2.10. The van der Waals surface area contributed by atoms with Crippen LogP contribution in [0.5, 0.6) is 0 Å². The van der Waals surface area contributed by atoms with E-state index in [0.29, 0.717) is 9.75 Å². The van der Waals surface area contributed by atoms with E-state index < -0.39 is 0 Å². The van der Waals surface area contributed by atoms with E-state index in [1.54, 1.807) is 0 Å². The van der Waals surface area contributed by atoms with Crippen molar-refractivity contribution in [3.8, 4) is 31.9 Å². The number of thiazole rings is 2. The Morgan fingerprint density at radius 3 is 1.50 bits per heavy atom. The Kier molecular flexibility index (Phi) is 3.25. The predicted molar refractivity (Wildman–Crippen MR) is 91.3 cm³/mol. The van der Waals surface area contributed by atoms with Crippen LogP contribution in [0.4, 0.5) is 0 Å². The molecule has 22 heavy (non-hydrogen) atoms. The summed E-state index contributed by atoms with van der Waals surface area (Å²) in [7, 11) is 0. The molecule has 8 heteroatoms. The van der Waals surface area contributed by atoms with Gasteiger partial charge in [0.25, 0.3) is 0 Å². The third-order valence-electron chi connectivity index (χ3n) is 2.83. The van der Waals surface area contributed by atoms with Crippen LogP contribution in [-0.2, 0) is 0 Å². The van der Waals surface area contributed by atoms with Crippen molar-refractivity contribution in [2.75, 3.05) is 0 Å². The summed E-state index contributed by atoms with van der Waals surface area (Å²) in [6, 6.07) is 11.7. The van der Waals surface area contributed by atoms with Crippen LogP contribution in [-0.4, -0.2) is 9.97 Å². The number of nitrogens with zero attached hydrogens (tertiary/aromatic N) is 4. The van der Waals surface area contributed by atoms with Crippen LogP contribution in [0.3, 0.4) is 0 Å². The van der Waals surface area contributed by atoms with Gasteiger partial charge in [-0.3, -0.25) is 0 Å². The minimum Gasteiger partial charge on any atom is -0.222 e. The first kappa shape index (κ1) is 13.6. The Balaban J connectivity index is 1.73. The van der Waals surface area contributed by atoms with Crippen molar-refractivity contribution in [2.45, 2.75) is 0 Å². The van der Waals surface area contributed by atoms with Gasteiger partial charge in [0.15, 0.2) is 9.66 Å². The highest BCUT2D eigenvalue weighted by molar-refractivity contribution is 7.32. The highest BCUT2D eigenvalue weighted by atomic mass is 32.1.